The number of nitrogens with zero attached hydrogens (tertiary/aromatic N) is 4. The smallest absolute Gasteiger partial charge is 0.114 e. The highest BCUT2D eigenvalue weighted by atomic mass is 32.1. The molecule has 4 nitrogen and oxygen atoms in total. The maximum atomic E-state index is 5.03. The summed E-state index contributed by atoms with van der Waals surface area (Å²) in [5.41, 5.74) is 9.86. The quantitative estimate of drug-likeness (QED) is 0.0440. The van der Waals surface area contributed by atoms with Crippen LogP contribution >= 0.6 is 46.1 Å². The van der Waals surface area contributed by atoms with Crippen LogP contribution in [0.2, 0.25) is 0 Å². The van der Waals surface area contributed by atoms with Gasteiger partial charge in [0.25, 0.3) is 0 Å². The molecule has 2 unspecified atom stereocenters. The second kappa shape index (κ2) is 23.1. The van der Waals surface area contributed by atoms with Crippen molar-refractivity contribution in [1.82, 2.24) is 17.5 Å². The number of hydrogen-bond donors (Lipinski definition) is 0. The molecule has 4 aromatic heterocycles. The molecular formula is C53H76N4S4. The Balaban J connectivity index is 1.32. The number of unbranched alkanes of at least 4 members (excludes halogenated alkanes) is 16. The van der Waals surface area contributed by atoms with Gasteiger partial charge < -0.3 is 0 Å². The molecule has 2 atom stereocenters. The predicted octanol–water partition coefficient (Wildman–Crippen LogP) is 19.0. The minimum atomic E-state index is 0.0545. The first kappa shape index (κ1) is 46.7. The highest BCUT2D eigenvalue weighted by Gasteiger charge is 2.48. The lowest BCUT2D eigenvalue weighted by Gasteiger charge is -2.38. The number of aryl methyl sites for hydroxylation is 2. The SMILES string of the molecule is CCCCCCCCC(CCCCCC)CC1(CC(CCCCCC)CCCCCCCC)c2cc(C)sc2-c2sc(-c3cc4c(cc(C)c5nsnc54)c4nsnc34)cc21. The van der Waals surface area contributed by atoms with Crippen LogP contribution in [0.1, 0.15) is 216 Å². The van der Waals surface area contributed by atoms with E-state index >= 15 is 0 Å². The van der Waals surface area contributed by atoms with Crippen LogP contribution in [0, 0.1) is 25.7 Å². The number of fused-ring (bicyclic) bond motifs is 8. The van der Waals surface area contributed by atoms with Gasteiger partial charge in [-0.1, -0.05) is 182 Å². The summed E-state index contributed by atoms with van der Waals surface area (Å²) in [6.07, 6.45) is 35.6. The average molecular weight is 897 g/mol. The minimum Gasteiger partial charge on any atom is -0.173 e. The Morgan fingerprint density at radius 1 is 0.459 bits per heavy atom. The number of hydrogen-bond acceptors (Lipinski definition) is 8. The Morgan fingerprint density at radius 2 is 0.885 bits per heavy atom. The van der Waals surface area contributed by atoms with Gasteiger partial charge in [0.2, 0.25) is 0 Å². The molecule has 0 saturated carbocycles. The van der Waals surface area contributed by atoms with E-state index in [1.807, 2.05) is 11.3 Å². The van der Waals surface area contributed by atoms with Crippen LogP contribution in [0.15, 0.2) is 24.3 Å². The van der Waals surface area contributed by atoms with Gasteiger partial charge in [0.15, 0.2) is 0 Å². The highest BCUT2D eigenvalue weighted by molar-refractivity contribution is 7.24. The lowest BCUT2D eigenvalue weighted by molar-refractivity contribution is 0.250. The molecule has 1 aliphatic carbocycles. The van der Waals surface area contributed by atoms with Gasteiger partial charge in [-0.15, -0.1) is 22.7 Å². The van der Waals surface area contributed by atoms with Crippen LogP contribution in [-0.2, 0) is 5.41 Å². The van der Waals surface area contributed by atoms with E-state index in [9.17, 15) is 0 Å². The van der Waals surface area contributed by atoms with Crippen molar-refractivity contribution in [3.05, 3.63) is 45.8 Å². The van der Waals surface area contributed by atoms with Gasteiger partial charge in [-0.2, -0.15) is 17.5 Å². The second-order valence-electron chi connectivity index (χ2n) is 19.1. The minimum absolute atomic E-state index is 0.0545. The molecule has 7 rings (SSSR count). The third kappa shape index (κ3) is 11.0. The van der Waals surface area contributed by atoms with E-state index in [4.69, 9.17) is 17.5 Å². The molecule has 6 aromatic rings. The van der Waals surface area contributed by atoms with Gasteiger partial charge in [0, 0.05) is 41.3 Å². The molecule has 0 bridgehead atoms. The fourth-order valence-corrected chi connectivity index (χ4v) is 14.7. The van der Waals surface area contributed by atoms with Crippen molar-refractivity contribution in [2.45, 2.75) is 214 Å². The third-order valence-corrected chi connectivity index (χ3v) is 17.7. The van der Waals surface area contributed by atoms with Crippen molar-refractivity contribution in [1.29, 1.82) is 0 Å². The summed E-state index contributed by atoms with van der Waals surface area (Å²) in [7, 11) is 0. The summed E-state index contributed by atoms with van der Waals surface area (Å²) < 4.78 is 19.6. The number of thiophene rings is 2. The lowest BCUT2D eigenvalue weighted by atomic mass is 9.65. The van der Waals surface area contributed by atoms with Crippen molar-refractivity contribution < 1.29 is 0 Å². The maximum absolute atomic E-state index is 5.03. The Hall–Kier alpha value is -2.26. The Bertz CT molecular complexity index is 2220. The van der Waals surface area contributed by atoms with Gasteiger partial charge in [-0.05, 0) is 79.5 Å². The average Bonchev–Trinajstić information content (AvgIpc) is 4.11. The van der Waals surface area contributed by atoms with Crippen molar-refractivity contribution in [2.24, 2.45) is 11.8 Å². The molecule has 0 spiro atoms. The van der Waals surface area contributed by atoms with E-state index in [0.717, 1.165) is 50.2 Å². The lowest BCUT2D eigenvalue weighted by Crippen LogP contribution is -2.31. The molecule has 61 heavy (non-hydrogen) atoms. The van der Waals surface area contributed by atoms with Crippen LogP contribution in [0.5, 0.6) is 0 Å². The largest absolute Gasteiger partial charge is 0.173 e. The van der Waals surface area contributed by atoms with Crippen LogP contribution in [0.3, 0.4) is 0 Å². The van der Waals surface area contributed by atoms with Gasteiger partial charge >= 0.3 is 0 Å². The van der Waals surface area contributed by atoms with Gasteiger partial charge in [-0.3, -0.25) is 0 Å². The van der Waals surface area contributed by atoms with Crippen LogP contribution < -0.4 is 0 Å². The predicted molar refractivity (Wildman–Crippen MR) is 272 cm³/mol. The molecule has 0 N–H and O–H groups in total. The summed E-state index contributed by atoms with van der Waals surface area (Å²) >= 11 is 6.79. The Morgan fingerprint density at radius 3 is 1.44 bits per heavy atom. The van der Waals surface area contributed by atoms with E-state index in [2.05, 4.69) is 77.1 Å². The molecule has 0 amide bonds. The van der Waals surface area contributed by atoms with Crippen LogP contribution in [-0.4, -0.2) is 17.5 Å². The van der Waals surface area contributed by atoms with Crippen molar-refractivity contribution in [3.63, 3.8) is 0 Å². The summed E-state index contributed by atoms with van der Waals surface area (Å²) in [6.45, 7) is 13.9. The molecule has 1 aliphatic rings. The molecule has 0 fully saturated rings. The van der Waals surface area contributed by atoms with E-state index in [1.54, 1.807) is 20.9 Å². The first-order chi connectivity index (χ1) is 29.9. The fraction of sp³-hybridized carbons (Fsp3) is 0.660. The van der Waals surface area contributed by atoms with Crippen LogP contribution in [0.25, 0.3) is 53.0 Å². The maximum Gasteiger partial charge on any atom is 0.114 e. The fourth-order valence-electron chi connectivity index (χ4n) is 11.0. The summed E-state index contributed by atoms with van der Waals surface area (Å²) in [5, 5.41) is 2.32. The zero-order chi connectivity index (χ0) is 42.6. The molecule has 0 radical (unpaired) electrons. The van der Waals surface area contributed by atoms with Crippen molar-refractivity contribution in [2.75, 3.05) is 0 Å². The zero-order valence-electron chi connectivity index (χ0n) is 38.8. The monoisotopic (exact) mass is 896 g/mol. The van der Waals surface area contributed by atoms with E-state index in [0.29, 0.717) is 0 Å². The number of aromatic nitrogens is 4. The first-order valence-corrected chi connectivity index (χ1v) is 28.1. The molecular weight excluding hydrogens is 821 g/mol. The van der Waals surface area contributed by atoms with Crippen molar-refractivity contribution >= 4 is 79.0 Å². The molecule has 4 heterocycles. The van der Waals surface area contributed by atoms with E-state index < -0.39 is 0 Å². The van der Waals surface area contributed by atoms with Gasteiger partial charge in [0.05, 0.1) is 23.5 Å². The molecule has 0 aliphatic heterocycles. The normalized spacial score (nSPS) is 16.0. The third-order valence-electron chi connectivity index (χ3n) is 14.3. The second-order valence-corrected chi connectivity index (χ2v) is 22.5. The molecule has 2 aromatic carbocycles. The van der Waals surface area contributed by atoms with Gasteiger partial charge in [-0.25, -0.2) is 0 Å². The number of rotatable bonds is 29. The topological polar surface area (TPSA) is 51.6 Å². The standard InChI is InChI=1S/C53H76N4S4/c1-7-11-15-19-21-25-29-39(27-23-17-13-9-3)35-53(36-40(28-24-18-14-10-4)30-26-22-20-16-12-8-2)44-32-38(6)58-51(44)52-45(53)34-46(59-52)43-33-42-41(49-50(43)57-61-56-49)31-37(5)47-48(42)55-60-54-47/h31-34,39-40H,7-30,35-36H2,1-6H3. The summed E-state index contributed by atoms with van der Waals surface area (Å²) in [4.78, 5) is 5.96. The van der Waals surface area contributed by atoms with E-state index in [1.165, 1.54) is 206 Å². The zero-order valence-corrected chi connectivity index (χ0v) is 42.0. The summed E-state index contributed by atoms with van der Waals surface area (Å²) in [5.74, 6) is 1.51. The van der Waals surface area contributed by atoms with Crippen LogP contribution in [0.4, 0.5) is 0 Å². The molecule has 8 heteroatoms. The molecule has 332 valence electrons. The Kier molecular flexibility index (Phi) is 17.7. The van der Waals surface area contributed by atoms with Crippen molar-refractivity contribution in [3.8, 4) is 20.2 Å². The molecule has 0 saturated heterocycles. The van der Waals surface area contributed by atoms with E-state index in [-0.39, 0.29) is 5.41 Å². The highest BCUT2D eigenvalue weighted by Crippen LogP contribution is 2.62. The Labute approximate surface area is 385 Å². The number of benzene rings is 2. The van der Waals surface area contributed by atoms with Gasteiger partial charge in [0.1, 0.15) is 22.1 Å². The summed E-state index contributed by atoms with van der Waals surface area (Å²) in [6, 6.07) is 10.0. The first-order valence-electron chi connectivity index (χ1n) is 25.0.